The Morgan fingerprint density at radius 1 is 0.711 bits per heavy atom. The minimum Gasteiger partial charge on any atom is -0.341 e. The van der Waals surface area contributed by atoms with Crippen LogP contribution in [0.3, 0.4) is 0 Å². The third kappa shape index (κ3) is 5.68. The summed E-state index contributed by atoms with van der Waals surface area (Å²) in [5, 5.41) is 1.99. The van der Waals surface area contributed by atoms with Crippen LogP contribution in [-0.4, -0.2) is 77.4 Å². The number of carbonyl (C=O) groups is 3. The van der Waals surface area contributed by atoms with E-state index < -0.39 is 5.54 Å². The highest BCUT2D eigenvalue weighted by atomic mass is 16.2. The van der Waals surface area contributed by atoms with Crippen LogP contribution < -0.4 is 4.90 Å². The SMILES string of the molecule is O=C(CN1CN(c2ccccc2)C2(CCN(C(=O)c3cccc4ccccc34)CC2)C1=O)N1CCC(Cc2ccccc2)CC1. The number of para-hydroxylation sites is 1. The standard InChI is InChI=1S/C38H40N4O3/c43-35(39-22-18-30(19-23-39)26-29-10-3-1-4-11-29)27-41-28-42(32-14-5-2-6-15-32)38(37(41)45)20-24-40(25-21-38)36(44)34-17-9-13-31-12-7-8-16-33(31)34/h1-17,30H,18-28H2. The molecule has 3 heterocycles. The molecule has 3 amide bonds. The van der Waals surface area contributed by atoms with Crippen LogP contribution >= 0.6 is 0 Å². The number of carbonyl (C=O) groups excluding carboxylic acids is 3. The Kier molecular flexibility index (Phi) is 8.01. The van der Waals surface area contributed by atoms with Crippen LogP contribution in [0, 0.1) is 5.92 Å². The second-order valence-electron chi connectivity index (χ2n) is 12.8. The van der Waals surface area contributed by atoms with Crippen molar-refractivity contribution in [2.75, 3.05) is 44.3 Å². The molecule has 4 aromatic rings. The average Bonchev–Trinajstić information content (AvgIpc) is 3.35. The average molecular weight is 601 g/mol. The molecule has 0 N–H and O–H groups in total. The molecule has 3 saturated heterocycles. The van der Waals surface area contributed by atoms with E-state index in [0.717, 1.165) is 48.8 Å². The van der Waals surface area contributed by atoms with E-state index in [0.29, 0.717) is 44.1 Å². The summed E-state index contributed by atoms with van der Waals surface area (Å²) in [6.45, 7) is 2.89. The van der Waals surface area contributed by atoms with E-state index in [1.54, 1.807) is 4.90 Å². The number of rotatable bonds is 6. The summed E-state index contributed by atoms with van der Waals surface area (Å²) < 4.78 is 0. The number of piperidine rings is 2. The molecule has 3 fully saturated rings. The zero-order valence-electron chi connectivity index (χ0n) is 25.7. The monoisotopic (exact) mass is 600 g/mol. The molecule has 0 radical (unpaired) electrons. The van der Waals surface area contributed by atoms with Gasteiger partial charge in [0.05, 0.1) is 6.67 Å². The molecule has 45 heavy (non-hydrogen) atoms. The van der Waals surface area contributed by atoms with Gasteiger partial charge in [-0.05, 0) is 72.6 Å². The van der Waals surface area contributed by atoms with Crippen molar-refractivity contribution in [2.24, 2.45) is 5.92 Å². The lowest BCUT2D eigenvalue weighted by Gasteiger charge is -2.43. The molecule has 0 bridgehead atoms. The molecule has 4 aromatic carbocycles. The number of anilines is 1. The van der Waals surface area contributed by atoms with Crippen LogP contribution in [0.15, 0.2) is 103 Å². The third-order valence-electron chi connectivity index (χ3n) is 10.1. The number of amides is 3. The van der Waals surface area contributed by atoms with E-state index in [1.165, 1.54) is 5.56 Å². The van der Waals surface area contributed by atoms with Gasteiger partial charge in [-0.1, -0.05) is 84.9 Å². The highest BCUT2D eigenvalue weighted by molar-refractivity contribution is 6.07. The number of benzene rings is 4. The third-order valence-corrected chi connectivity index (χ3v) is 10.1. The Bertz CT molecular complexity index is 1670. The van der Waals surface area contributed by atoms with Gasteiger partial charge in [0, 0.05) is 37.4 Å². The molecule has 7 nitrogen and oxygen atoms in total. The number of hydrogen-bond donors (Lipinski definition) is 0. The molecule has 7 heteroatoms. The van der Waals surface area contributed by atoms with Gasteiger partial charge in [0.1, 0.15) is 12.1 Å². The number of hydrogen-bond acceptors (Lipinski definition) is 4. The first-order chi connectivity index (χ1) is 22.0. The van der Waals surface area contributed by atoms with Crippen LogP contribution in [0.25, 0.3) is 10.8 Å². The summed E-state index contributed by atoms with van der Waals surface area (Å²) >= 11 is 0. The molecule has 0 unspecified atom stereocenters. The van der Waals surface area contributed by atoms with Gasteiger partial charge in [-0.15, -0.1) is 0 Å². The minimum atomic E-state index is -0.778. The normalized spacial score (nSPS) is 18.6. The molecule has 3 aliphatic heterocycles. The van der Waals surface area contributed by atoms with Crippen LogP contribution in [0.5, 0.6) is 0 Å². The highest BCUT2D eigenvalue weighted by Crippen LogP contribution is 2.40. The van der Waals surface area contributed by atoms with Crippen molar-refractivity contribution in [3.63, 3.8) is 0 Å². The maximum atomic E-state index is 14.3. The smallest absolute Gasteiger partial charge is 0.254 e. The van der Waals surface area contributed by atoms with E-state index in [2.05, 4.69) is 29.2 Å². The van der Waals surface area contributed by atoms with E-state index in [4.69, 9.17) is 0 Å². The zero-order chi connectivity index (χ0) is 30.8. The van der Waals surface area contributed by atoms with Gasteiger partial charge in [0.2, 0.25) is 5.91 Å². The summed E-state index contributed by atoms with van der Waals surface area (Å²) in [7, 11) is 0. The summed E-state index contributed by atoms with van der Waals surface area (Å²) in [4.78, 5) is 49.3. The van der Waals surface area contributed by atoms with Crippen LogP contribution in [0.4, 0.5) is 5.69 Å². The molecule has 0 aliphatic carbocycles. The van der Waals surface area contributed by atoms with Gasteiger partial charge in [-0.3, -0.25) is 14.4 Å². The van der Waals surface area contributed by atoms with Gasteiger partial charge in [0.25, 0.3) is 11.8 Å². The molecule has 230 valence electrons. The molecular formula is C38H40N4O3. The van der Waals surface area contributed by atoms with Crippen LogP contribution in [-0.2, 0) is 16.0 Å². The lowest BCUT2D eigenvalue weighted by Crippen LogP contribution is -2.57. The lowest BCUT2D eigenvalue weighted by atomic mass is 9.85. The molecular weight excluding hydrogens is 560 g/mol. The van der Waals surface area contributed by atoms with Gasteiger partial charge >= 0.3 is 0 Å². The Labute approximate surface area is 265 Å². The number of nitrogens with zero attached hydrogens (tertiary/aromatic N) is 4. The maximum absolute atomic E-state index is 14.3. The fraction of sp³-hybridized carbons (Fsp3) is 0.342. The first-order valence-corrected chi connectivity index (χ1v) is 16.2. The predicted octanol–water partition coefficient (Wildman–Crippen LogP) is 5.60. The Morgan fingerprint density at radius 2 is 1.36 bits per heavy atom. The first kappa shape index (κ1) is 29.1. The van der Waals surface area contributed by atoms with E-state index in [-0.39, 0.29) is 24.3 Å². The van der Waals surface area contributed by atoms with Crippen LogP contribution in [0.1, 0.15) is 41.6 Å². The van der Waals surface area contributed by atoms with Crippen molar-refractivity contribution < 1.29 is 14.4 Å². The molecule has 3 aliphatic rings. The second-order valence-corrected chi connectivity index (χ2v) is 12.8. The first-order valence-electron chi connectivity index (χ1n) is 16.2. The highest BCUT2D eigenvalue weighted by Gasteiger charge is 2.54. The van der Waals surface area contributed by atoms with E-state index in [9.17, 15) is 14.4 Å². The lowest BCUT2D eigenvalue weighted by molar-refractivity contribution is -0.141. The van der Waals surface area contributed by atoms with Crippen molar-refractivity contribution >= 4 is 34.2 Å². The van der Waals surface area contributed by atoms with Crippen molar-refractivity contribution in [1.82, 2.24) is 14.7 Å². The second kappa shape index (κ2) is 12.4. The molecule has 7 rings (SSSR count). The molecule has 0 atom stereocenters. The quantitative estimate of drug-likeness (QED) is 0.289. The Morgan fingerprint density at radius 3 is 2.09 bits per heavy atom. The van der Waals surface area contributed by atoms with Gasteiger partial charge < -0.3 is 19.6 Å². The topological polar surface area (TPSA) is 64.2 Å². The molecule has 0 saturated carbocycles. The minimum absolute atomic E-state index is 0.000980. The predicted molar refractivity (Wildman–Crippen MR) is 177 cm³/mol. The van der Waals surface area contributed by atoms with Crippen molar-refractivity contribution in [2.45, 2.75) is 37.6 Å². The summed E-state index contributed by atoms with van der Waals surface area (Å²) in [5.74, 6) is 0.593. The summed E-state index contributed by atoms with van der Waals surface area (Å²) in [5.41, 5.74) is 2.23. The summed E-state index contributed by atoms with van der Waals surface area (Å²) in [6.07, 6.45) is 4.05. The Balaban J connectivity index is 1.04. The largest absolute Gasteiger partial charge is 0.341 e. The van der Waals surface area contributed by atoms with Gasteiger partial charge in [-0.25, -0.2) is 0 Å². The fourth-order valence-electron chi connectivity index (χ4n) is 7.58. The number of fused-ring (bicyclic) bond motifs is 1. The van der Waals surface area contributed by atoms with Gasteiger partial charge in [0.15, 0.2) is 0 Å². The van der Waals surface area contributed by atoms with Gasteiger partial charge in [-0.2, -0.15) is 0 Å². The number of likely N-dealkylation sites (tertiary alicyclic amines) is 2. The van der Waals surface area contributed by atoms with Crippen LogP contribution in [0.2, 0.25) is 0 Å². The zero-order valence-corrected chi connectivity index (χ0v) is 25.7. The van der Waals surface area contributed by atoms with Crippen molar-refractivity contribution in [1.29, 1.82) is 0 Å². The van der Waals surface area contributed by atoms with E-state index in [1.807, 2.05) is 88.7 Å². The summed E-state index contributed by atoms with van der Waals surface area (Å²) in [6, 6.07) is 34.4. The Hall–Kier alpha value is -4.65. The maximum Gasteiger partial charge on any atom is 0.254 e. The molecule has 1 spiro atoms. The fourth-order valence-corrected chi connectivity index (χ4v) is 7.58. The van der Waals surface area contributed by atoms with E-state index >= 15 is 0 Å². The molecule has 0 aromatic heterocycles. The van der Waals surface area contributed by atoms with Crippen molar-refractivity contribution in [3.05, 3.63) is 114 Å². The van der Waals surface area contributed by atoms with Crippen molar-refractivity contribution in [3.8, 4) is 0 Å².